The van der Waals surface area contributed by atoms with Gasteiger partial charge in [0, 0.05) is 23.0 Å². The molecule has 92 valence electrons. The quantitative estimate of drug-likeness (QED) is 0.638. The summed E-state index contributed by atoms with van der Waals surface area (Å²) in [5, 5.41) is 1.60. The lowest BCUT2D eigenvalue weighted by Crippen LogP contribution is -1.92. The van der Waals surface area contributed by atoms with Crippen molar-refractivity contribution in [2.45, 2.75) is 10.8 Å². The van der Waals surface area contributed by atoms with Crippen LogP contribution in [0.4, 0.5) is 0 Å². The molecule has 6 heteroatoms. The molecule has 1 aliphatic rings. The Hall–Kier alpha value is -1.46. The second-order valence-electron chi connectivity index (χ2n) is 3.63. The van der Waals surface area contributed by atoms with Gasteiger partial charge in [-0.05, 0) is 17.7 Å². The van der Waals surface area contributed by atoms with Gasteiger partial charge in [0.25, 0.3) is 0 Å². The molecule has 1 aromatic heterocycles. The first-order chi connectivity index (χ1) is 8.83. The number of benzene rings is 1. The summed E-state index contributed by atoms with van der Waals surface area (Å²) in [6.45, 7) is 0.258. The molecule has 0 bridgehead atoms. The minimum absolute atomic E-state index is 0.258. The summed E-state index contributed by atoms with van der Waals surface area (Å²) in [5.41, 5.74) is 1.00. The van der Waals surface area contributed by atoms with Crippen molar-refractivity contribution in [1.29, 1.82) is 0 Å². The van der Waals surface area contributed by atoms with E-state index in [4.69, 9.17) is 21.1 Å². The third-order valence-electron chi connectivity index (χ3n) is 2.47. The minimum Gasteiger partial charge on any atom is -0.454 e. The van der Waals surface area contributed by atoms with Crippen molar-refractivity contribution in [2.24, 2.45) is 0 Å². The van der Waals surface area contributed by atoms with E-state index in [2.05, 4.69) is 9.97 Å². The lowest BCUT2D eigenvalue weighted by atomic mass is 10.2. The Balaban J connectivity index is 1.77. The van der Waals surface area contributed by atoms with Gasteiger partial charge in [0.2, 0.25) is 6.79 Å². The molecular formula is C12H9ClN2O2S. The van der Waals surface area contributed by atoms with E-state index in [0.717, 1.165) is 22.1 Å². The lowest BCUT2D eigenvalue weighted by molar-refractivity contribution is 0.174. The van der Waals surface area contributed by atoms with Gasteiger partial charge >= 0.3 is 0 Å². The number of hydrogen-bond donors (Lipinski definition) is 0. The first kappa shape index (κ1) is 11.6. The van der Waals surface area contributed by atoms with Crippen LogP contribution >= 0.6 is 23.4 Å². The van der Waals surface area contributed by atoms with Crippen LogP contribution in [0.3, 0.4) is 0 Å². The average Bonchev–Trinajstić information content (AvgIpc) is 2.84. The minimum atomic E-state index is 0.258. The predicted octanol–water partition coefficient (Wildman–Crippen LogP) is 3.15. The van der Waals surface area contributed by atoms with E-state index < -0.39 is 0 Å². The SMILES string of the molecule is Clc1cc2c(cc1CSc1ccncn1)OCO2. The summed E-state index contributed by atoms with van der Waals surface area (Å²) >= 11 is 7.79. The Morgan fingerprint density at radius 3 is 2.89 bits per heavy atom. The van der Waals surface area contributed by atoms with Crippen LogP contribution in [0.5, 0.6) is 11.5 Å². The number of rotatable bonds is 3. The van der Waals surface area contributed by atoms with Crippen molar-refractivity contribution in [3.8, 4) is 11.5 Å². The number of hydrogen-bond acceptors (Lipinski definition) is 5. The first-order valence-corrected chi connectivity index (χ1v) is 6.66. The van der Waals surface area contributed by atoms with Crippen molar-refractivity contribution in [3.05, 3.63) is 41.3 Å². The van der Waals surface area contributed by atoms with Gasteiger partial charge in [0.05, 0.1) is 5.03 Å². The number of aromatic nitrogens is 2. The van der Waals surface area contributed by atoms with Crippen molar-refractivity contribution in [3.63, 3.8) is 0 Å². The Bertz CT molecular complexity index is 566. The molecular weight excluding hydrogens is 272 g/mol. The molecule has 2 aromatic rings. The topological polar surface area (TPSA) is 44.2 Å². The fourth-order valence-electron chi connectivity index (χ4n) is 1.59. The van der Waals surface area contributed by atoms with Crippen LogP contribution in [0.2, 0.25) is 5.02 Å². The summed E-state index contributed by atoms with van der Waals surface area (Å²) in [4.78, 5) is 8.03. The molecule has 0 saturated heterocycles. The highest BCUT2D eigenvalue weighted by molar-refractivity contribution is 7.98. The molecule has 0 fully saturated rings. The van der Waals surface area contributed by atoms with E-state index in [9.17, 15) is 0 Å². The molecule has 0 spiro atoms. The second kappa shape index (κ2) is 5.04. The molecule has 0 N–H and O–H groups in total. The van der Waals surface area contributed by atoms with Crippen LogP contribution in [-0.2, 0) is 5.75 Å². The van der Waals surface area contributed by atoms with Crippen molar-refractivity contribution >= 4 is 23.4 Å². The van der Waals surface area contributed by atoms with Crippen LogP contribution in [0, 0.1) is 0 Å². The van der Waals surface area contributed by atoms with E-state index in [0.29, 0.717) is 10.8 Å². The van der Waals surface area contributed by atoms with Gasteiger partial charge in [0.1, 0.15) is 6.33 Å². The summed E-state index contributed by atoms with van der Waals surface area (Å²) in [5.74, 6) is 2.18. The lowest BCUT2D eigenvalue weighted by Gasteiger charge is -2.05. The smallest absolute Gasteiger partial charge is 0.231 e. The average molecular weight is 281 g/mol. The van der Waals surface area contributed by atoms with E-state index in [1.54, 1.807) is 24.0 Å². The number of ether oxygens (including phenoxy) is 2. The highest BCUT2D eigenvalue weighted by Gasteiger charge is 2.16. The highest BCUT2D eigenvalue weighted by atomic mass is 35.5. The standard InChI is InChI=1S/C12H9ClN2O2S/c13-9-4-11-10(16-7-17-11)3-8(9)5-18-12-1-2-14-6-15-12/h1-4,6H,5,7H2. The molecule has 0 saturated carbocycles. The van der Waals surface area contributed by atoms with Gasteiger partial charge in [-0.1, -0.05) is 11.6 Å². The molecule has 0 atom stereocenters. The maximum atomic E-state index is 6.19. The van der Waals surface area contributed by atoms with Gasteiger partial charge < -0.3 is 9.47 Å². The van der Waals surface area contributed by atoms with Gasteiger partial charge in [-0.2, -0.15) is 0 Å². The van der Waals surface area contributed by atoms with Crippen LogP contribution in [0.15, 0.2) is 35.7 Å². The number of thioether (sulfide) groups is 1. The molecule has 0 unspecified atom stereocenters. The van der Waals surface area contributed by atoms with Crippen molar-refractivity contribution < 1.29 is 9.47 Å². The van der Waals surface area contributed by atoms with Crippen LogP contribution in [0.1, 0.15) is 5.56 Å². The Kier molecular flexibility index (Phi) is 3.25. The number of fused-ring (bicyclic) bond motifs is 1. The molecule has 2 heterocycles. The summed E-state index contributed by atoms with van der Waals surface area (Å²) in [6.07, 6.45) is 3.25. The molecule has 18 heavy (non-hydrogen) atoms. The van der Waals surface area contributed by atoms with Crippen LogP contribution in [-0.4, -0.2) is 16.8 Å². The maximum Gasteiger partial charge on any atom is 0.231 e. The Morgan fingerprint density at radius 1 is 1.28 bits per heavy atom. The fraction of sp³-hybridized carbons (Fsp3) is 0.167. The third kappa shape index (κ3) is 2.37. The van der Waals surface area contributed by atoms with E-state index in [1.165, 1.54) is 6.33 Å². The molecule has 0 aliphatic carbocycles. The largest absolute Gasteiger partial charge is 0.454 e. The normalized spacial score (nSPS) is 12.7. The molecule has 1 aromatic carbocycles. The summed E-state index contributed by atoms with van der Waals surface area (Å²) in [6, 6.07) is 5.57. The van der Waals surface area contributed by atoms with Gasteiger partial charge in [-0.15, -0.1) is 11.8 Å². The zero-order valence-corrected chi connectivity index (χ0v) is 10.9. The van der Waals surface area contributed by atoms with Gasteiger partial charge in [0.15, 0.2) is 11.5 Å². The highest BCUT2D eigenvalue weighted by Crippen LogP contribution is 2.38. The summed E-state index contributed by atoms with van der Waals surface area (Å²) < 4.78 is 10.6. The Morgan fingerprint density at radius 2 is 2.11 bits per heavy atom. The molecule has 3 rings (SSSR count). The van der Waals surface area contributed by atoms with E-state index in [-0.39, 0.29) is 6.79 Å². The van der Waals surface area contributed by atoms with Gasteiger partial charge in [-0.25, -0.2) is 9.97 Å². The molecule has 0 radical (unpaired) electrons. The zero-order chi connectivity index (χ0) is 12.4. The maximum absolute atomic E-state index is 6.19. The van der Waals surface area contributed by atoms with E-state index >= 15 is 0 Å². The van der Waals surface area contributed by atoms with Gasteiger partial charge in [-0.3, -0.25) is 0 Å². The first-order valence-electron chi connectivity index (χ1n) is 5.30. The number of halogens is 1. The summed E-state index contributed by atoms with van der Waals surface area (Å²) in [7, 11) is 0. The molecule has 0 amide bonds. The second-order valence-corrected chi connectivity index (χ2v) is 5.04. The third-order valence-corrected chi connectivity index (χ3v) is 3.82. The fourth-order valence-corrected chi connectivity index (χ4v) is 2.71. The monoisotopic (exact) mass is 280 g/mol. The number of nitrogens with zero attached hydrogens (tertiary/aromatic N) is 2. The van der Waals surface area contributed by atoms with Crippen LogP contribution < -0.4 is 9.47 Å². The van der Waals surface area contributed by atoms with Crippen molar-refractivity contribution in [1.82, 2.24) is 9.97 Å². The Labute approximate surface area is 113 Å². The molecule has 4 nitrogen and oxygen atoms in total. The van der Waals surface area contributed by atoms with E-state index in [1.807, 2.05) is 12.1 Å². The molecule has 1 aliphatic heterocycles. The predicted molar refractivity (Wildman–Crippen MR) is 69.2 cm³/mol. The van der Waals surface area contributed by atoms with Crippen LogP contribution in [0.25, 0.3) is 0 Å². The van der Waals surface area contributed by atoms with Crippen molar-refractivity contribution in [2.75, 3.05) is 6.79 Å². The zero-order valence-electron chi connectivity index (χ0n) is 9.30.